The lowest BCUT2D eigenvalue weighted by Crippen LogP contribution is -2.41. The molecule has 1 aromatic rings. The van der Waals surface area contributed by atoms with E-state index in [-0.39, 0.29) is 4.90 Å². The van der Waals surface area contributed by atoms with E-state index in [1.54, 1.807) is 31.2 Å². The Morgan fingerprint density at radius 1 is 1.29 bits per heavy atom. The number of benzene rings is 1. The summed E-state index contributed by atoms with van der Waals surface area (Å²) >= 11 is 0. The molecule has 0 atom stereocenters. The van der Waals surface area contributed by atoms with Crippen LogP contribution in [0.4, 0.5) is 13.2 Å². The zero-order valence-electron chi connectivity index (χ0n) is 11.2. The van der Waals surface area contributed by atoms with Crippen molar-refractivity contribution in [3.8, 4) is 0 Å². The van der Waals surface area contributed by atoms with E-state index in [2.05, 4.69) is 0 Å². The number of aliphatic carboxylic acids is 1. The van der Waals surface area contributed by atoms with Gasteiger partial charge in [-0.2, -0.15) is 13.2 Å². The molecule has 0 saturated carbocycles. The van der Waals surface area contributed by atoms with Crippen molar-refractivity contribution in [1.29, 1.82) is 0 Å². The van der Waals surface area contributed by atoms with Crippen LogP contribution in [0.25, 0.3) is 6.08 Å². The van der Waals surface area contributed by atoms with Crippen LogP contribution < -0.4 is 0 Å². The van der Waals surface area contributed by atoms with E-state index in [1.165, 1.54) is 6.08 Å². The summed E-state index contributed by atoms with van der Waals surface area (Å²) in [4.78, 5) is 22.5. The van der Waals surface area contributed by atoms with Crippen molar-refractivity contribution in [3.63, 3.8) is 0 Å². The van der Waals surface area contributed by atoms with Crippen LogP contribution in [0.1, 0.15) is 11.1 Å². The number of carboxylic acid groups (broad SMARTS) is 1. The SMILES string of the molecule is Cc1ccccc1C=CC(=O)N(CC(=O)O)CC(F)(F)F. The molecular weight excluding hydrogens is 287 g/mol. The standard InChI is InChI=1S/C14H14F3NO3/c1-10-4-2-3-5-11(10)6-7-12(19)18(8-13(20)21)9-14(15,16)17/h2-7H,8-9H2,1H3,(H,20,21). The van der Waals surface area contributed by atoms with Gasteiger partial charge in [0.25, 0.3) is 0 Å². The minimum absolute atomic E-state index is 0.233. The van der Waals surface area contributed by atoms with E-state index in [0.717, 1.165) is 11.6 Å². The number of nitrogens with zero attached hydrogens (tertiary/aromatic N) is 1. The molecular formula is C14H14F3NO3. The average molecular weight is 301 g/mol. The molecule has 0 radical (unpaired) electrons. The Hall–Kier alpha value is -2.31. The van der Waals surface area contributed by atoms with Gasteiger partial charge in [0.15, 0.2) is 0 Å². The largest absolute Gasteiger partial charge is 0.480 e. The van der Waals surface area contributed by atoms with E-state index in [0.29, 0.717) is 5.56 Å². The summed E-state index contributed by atoms with van der Waals surface area (Å²) in [6.07, 6.45) is -2.35. The van der Waals surface area contributed by atoms with Crippen molar-refractivity contribution in [2.24, 2.45) is 0 Å². The van der Waals surface area contributed by atoms with Crippen LogP contribution in [0, 0.1) is 6.92 Å². The van der Waals surface area contributed by atoms with E-state index >= 15 is 0 Å². The first-order valence-electron chi connectivity index (χ1n) is 6.00. The van der Waals surface area contributed by atoms with Crippen molar-refractivity contribution < 1.29 is 27.9 Å². The van der Waals surface area contributed by atoms with Gasteiger partial charge in [-0.05, 0) is 24.1 Å². The van der Waals surface area contributed by atoms with Crippen LogP contribution in [0.5, 0.6) is 0 Å². The third kappa shape index (κ3) is 6.11. The van der Waals surface area contributed by atoms with Crippen molar-refractivity contribution in [3.05, 3.63) is 41.5 Å². The second-order valence-electron chi connectivity index (χ2n) is 4.39. The molecule has 0 unspecified atom stereocenters. The predicted octanol–water partition coefficient (Wildman–Crippen LogP) is 2.48. The first-order valence-corrected chi connectivity index (χ1v) is 6.00. The Labute approximate surface area is 119 Å². The first kappa shape index (κ1) is 16.7. The Balaban J connectivity index is 2.85. The number of hydrogen-bond acceptors (Lipinski definition) is 2. The maximum atomic E-state index is 12.3. The van der Waals surface area contributed by atoms with Crippen molar-refractivity contribution in [2.75, 3.05) is 13.1 Å². The number of rotatable bonds is 5. The van der Waals surface area contributed by atoms with Crippen molar-refractivity contribution in [1.82, 2.24) is 4.90 Å². The maximum Gasteiger partial charge on any atom is 0.406 e. The molecule has 21 heavy (non-hydrogen) atoms. The van der Waals surface area contributed by atoms with Gasteiger partial charge in [0, 0.05) is 6.08 Å². The number of carbonyl (C=O) groups is 2. The lowest BCUT2D eigenvalue weighted by atomic mass is 10.1. The summed E-state index contributed by atoms with van der Waals surface area (Å²) in [6, 6.07) is 7.00. The van der Waals surface area contributed by atoms with Crippen molar-refractivity contribution >= 4 is 18.0 Å². The molecule has 0 heterocycles. The second kappa shape index (κ2) is 6.92. The monoisotopic (exact) mass is 301 g/mol. The normalized spacial score (nSPS) is 11.6. The topological polar surface area (TPSA) is 57.6 Å². The highest BCUT2D eigenvalue weighted by atomic mass is 19.4. The molecule has 1 N–H and O–H groups in total. The molecule has 114 valence electrons. The molecule has 1 rings (SSSR count). The van der Waals surface area contributed by atoms with Gasteiger partial charge in [0.1, 0.15) is 13.1 Å². The quantitative estimate of drug-likeness (QED) is 0.850. The number of carbonyl (C=O) groups excluding carboxylic acids is 1. The van der Waals surface area contributed by atoms with E-state index in [4.69, 9.17) is 5.11 Å². The summed E-state index contributed by atoms with van der Waals surface area (Å²) in [7, 11) is 0. The third-order valence-electron chi connectivity index (χ3n) is 2.60. The van der Waals surface area contributed by atoms with Gasteiger partial charge in [-0.1, -0.05) is 24.3 Å². The molecule has 0 spiro atoms. The predicted molar refractivity (Wildman–Crippen MR) is 70.5 cm³/mol. The Kier molecular flexibility index (Phi) is 5.52. The van der Waals surface area contributed by atoms with Gasteiger partial charge in [-0.15, -0.1) is 0 Å². The summed E-state index contributed by atoms with van der Waals surface area (Å²) < 4.78 is 37.0. The lowest BCUT2D eigenvalue weighted by molar-refractivity contribution is -0.163. The van der Waals surface area contributed by atoms with Crippen LogP contribution in [-0.2, 0) is 9.59 Å². The molecule has 0 saturated heterocycles. The van der Waals surface area contributed by atoms with Gasteiger partial charge < -0.3 is 10.0 Å². The fraction of sp³-hybridized carbons (Fsp3) is 0.286. The number of halogens is 3. The van der Waals surface area contributed by atoms with Gasteiger partial charge in [-0.3, -0.25) is 9.59 Å². The van der Waals surface area contributed by atoms with E-state index < -0.39 is 31.1 Å². The van der Waals surface area contributed by atoms with Crippen LogP contribution >= 0.6 is 0 Å². The minimum Gasteiger partial charge on any atom is -0.480 e. The van der Waals surface area contributed by atoms with Gasteiger partial charge in [0.2, 0.25) is 5.91 Å². The number of hydrogen-bond donors (Lipinski definition) is 1. The summed E-state index contributed by atoms with van der Waals surface area (Å²) in [5.74, 6) is -2.50. The van der Waals surface area contributed by atoms with Gasteiger partial charge >= 0.3 is 12.1 Å². The Morgan fingerprint density at radius 2 is 1.90 bits per heavy atom. The highest BCUT2D eigenvalue weighted by molar-refractivity contribution is 5.93. The fourth-order valence-electron chi connectivity index (χ4n) is 1.63. The highest BCUT2D eigenvalue weighted by Gasteiger charge is 2.33. The number of aryl methyl sites for hydroxylation is 1. The molecule has 1 amide bonds. The highest BCUT2D eigenvalue weighted by Crippen LogP contribution is 2.17. The molecule has 0 aliphatic heterocycles. The fourth-order valence-corrected chi connectivity index (χ4v) is 1.63. The molecule has 1 aromatic carbocycles. The number of alkyl halides is 3. The Morgan fingerprint density at radius 3 is 2.43 bits per heavy atom. The molecule has 0 aliphatic carbocycles. The number of amides is 1. The molecule has 0 bridgehead atoms. The minimum atomic E-state index is -4.65. The smallest absolute Gasteiger partial charge is 0.406 e. The zero-order valence-corrected chi connectivity index (χ0v) is 11.2. The average Bonchev–Trinajstić information content (AvgIpc) is 2.34. The lowest BCUT2D eigenvalue weighted by Gasteiger charge is -2.20. The van der Waals surface area contributed by atoms with E-state index in [9.17, 15) is 22.8 Å². The zero-order chi connectivity index (χ0) is 16.0. The van der Waals surface area contributed by atoms with Crippen LogP contribution in [0.3, 0.4) is 0 Å². The van der Waals surface area contributed by atoms with Crippen LogP contribution in [-0.4, -0.2) is 41.1 Å². The Bertz CT molecular complexity index is 553. The number of carboxylic acids is 1. The van der Waals surface area contributed by atoms with E-state index in [1.807, 2.05) is 0 Å². The molecule has 0 aliphatic rings. The van der Waals surface area contributed by atoms with Gasteiger partial charge in [-0.25, -0.2) is 0 Å². The summed E-state index contributed by atoms with van der Waals surface area (Å²) in [5, 5.41) is 8.57. The summed E-state index contributed by atoms with van der Waals surface area (Å²) in [6.45, 7) is -0.818. The van der Waals surface area contributed by atoms with Crippen LogP contribution in [0.15, 0.2) is 30.3 Å². The molecule has 0 aromatic heterocycles. The maximum absolute atomic E-state index is 12.3. The summed E-state index contributed by atoms with van der Waals surface area (Å²) in [5.41, 5.74) is 1.52. The molecule has 7 heteroatoms. The second-order valence-corrected chi connectivity index (χ2v) is 4.39. The van der Waals surface area contributed by atoms with Crippen molar-refractivity contribution in [2.45, 2.75) is 13.1 Å². The first-order chi connectivity index (χ1) is 9.69. The molecule has 0 fully saturated rings. The van der Waals surface area contributed by atoms with Crippen LogP contribution in [0.2, 0.25) is 0 Å². The third-order valence-corrected chi connectivity index (χ3v) is 2.60. The van der Waals surface area contributed by atoms with Gasteiger partial charge in [0.05, 0.1) is 0 Å². The molecule has 4 nitrogen and oxygen atoms in total.